The first-order chi connectivity index (χ1) is 10.2. The van der Waals surface area contributed by atoms with Crippen LogP contribution in [-0.2, 0) is 14.4 Å². The standard InChI is InChI=1S/C16H24N2O4/c1-16(2,3)22-15(20)17-11-13(14(19)18(4)21-5)12-9-7-6-8-10-12/h6-10,13H,11H2,1-5H3,(H,17,20). The zero-order chi connectivity index (χ0) is 16.8. The van der Waals surface area contributed by atoms with Crippen molar-refractivity contribution in [1.29, 1.82) is 0 Å². The van der Waals surface area contributed by atoms with E-state index in [-0.39, 0.29) is 12.5 Å². The highest BCUT2D eigenvalue weighted by Crippen LogP contribution is 2.18. The first kappa shape index (κ1) is 18.0. The van der Waals surface area contributed by atoms with Gasteiger partial charge in [0.15, 0.2) is 0 Å². The zero-order valence-corrected chi connectivity index (χ0v) is 13.8. The Kier molecular flexibility index (Phi) is 6.37. The van der Waals surface area contributed by atoms with Gasteiger partial charge in [0, 0.05) is 13.6 Å². The SMILES string of the molecule is CON(C)C(=O)C(CNC(=O)OC(C)(C)C)c1ccccc1. The molecule has 22 heavy (non-hydrogen) atoms. The maximum absolute atomic E-state index is 12.4. The second-order valence-electron chi connectivity index (χ2n) is 5.86. The van der Waals surface area contributed by atoms with E-state index in [0.29, 0.717) is 0 Å². The lowest BCUT2D eigenvalue weighted by atomic mass is 9.98. The van der Waals surface area contributed by atoms with Gasteiger partial charge in [-0.25, -0.2) is 9.86 Å². The van der Waals surface area contributed by atoms with Gasteiger partial charge in [-0.15, -0.1) is 0 Å². The van der Waals surface area contributed by atoms with Crippen LogP contribution in [-0.4, -0.2) is 43.4 Å². The summed E-state index contributed by atoms with van der Waals surface area (Å²) in [7, 11) is 2.95. The van der Waals surface area contributed by atoms with Gasteiger partial charge >= 0.3 is 6.09 Å². The molecular weight excluding hydrogens is 284 g/mol. The van der Waals surface area contributed by atoms with E-state index in [1.165, 1.54) is 14.2 Å². The highest BCUT2D eigenvalue weighted by atomic mass is 16.7. The van der Waals surface area contributed by atoms with Gasteiger partial charge < -0.3 is 10.1 Å². The highest BCUT2D eigenvalue weighted by Gasteiger charge is 2.25. The smallest absolute Gasteiger partial charge is 0.407 e. The van der Waals surface area contributed by atoms with Crippen LogP contribution in [0.3, 0.4) is 0 Å². The van der Waals surface area contributed by atoms with Crippen molar-refractivity contribution in [3.63, 3.8) is 0 Å². The van der Waals surface area contributed by atoms with Crippen LogP contribution in [0.4, 0.5) is 4.79 Å². The molecule has 0 heterocycles. The van der Waals surface area contributed by atoms with E-state index in [1.807, 2.05) is 30.3 Å². The molecular formula is C16H24N2O4. The van der Waals surface area contributed by atoms with Crippen molar-refractivity contribution in [1.82, 2.24) is 10.4 Å². The Morgan fingerprint density at radius 2 is 1.82 bits per heavy atom. The van der Waals surface area contributed by atoms with Gasteiger partial charge in [0.1, 0.15) is 5.60 Å². The Bertz CT molecular complexity index is 497. The summed E-state index contributed by atoms with van der Waals surface area (Å²) in [6, 6.07) is 9.23. The molecule has 0 saturated carbocycles. The summed E-state index contributed by atoms with van der Waals surface area (Å²) < 4.78 is 5.18. The molecule has 1 rings (SSSR count). The Morgan fingerprint density at radius 3 is 2.32 bits per heavy atom. The summed E-state index contributed by atoms with van der Waals surface area (Å²) in [5.74, 6) is -0.788. The van der Waals surface area contributed by atoms with Crippen LogP contribution in [0.15, 0.2) is 30.3 Å². The summed E-state index contributed by atoms with van der Waals surface area (Å²) >= 11 is 0. The van der Waals surface area contributed by atoms with Crippen molar-refractivity contribution in [3.05, 3.63) is 35.9 Å². The van der Waals surface area contributed by atoms with Crippen molar-refractivity contribution in [2.75, 3.05) is 20.7 Å². The molecule has 0 aromatic heterocycles. The second kappa shape index (κ2) is 7.79. The number of carbonyl (C=O) groups excluding carboxylic acids is 2. The molecule has 6 nitrogen and oxygen atoms in total. The maximum Gasteiger partial charge on any atom is 0.407 e. The minimum absolute atomic E-state index is 0.130. The number of amides is 2. The average Bonchev–Trinajstić information content (AvgIpc) is 2.45. The second-order valence-corrected chi connectivity index (χ2v) is 5.86. The minimum Gasteiger partial charge on any atom is -0.444 e. The average molecular weight is 308 g/mol. The molecule has 0 aliphatic heterocycles. The minimum atomic E-state index is -0.584. The van der Waals surface area contributed by atoms with E-state index in [2.05, 4.69) is 5.32 Å². The Labute approximate surface area is 131 Å². The van der Waals surface area contributed by atoms with E-state index in [1.54, 1.807) is 20.8 Å². The van der Waals surface area contributed by atoms with E-state index in [9.17, 15) is 9.59 Å². The van der Waals surface area contributed by atoms with Crippen LogP contribution < -0.4 is 5.32 Å². The Balaban J connectivity index is 2.80. The van der Waals surface area contributed by atoms with Crippen molar-refractivity contribution in [3.8, 4) is 0 Å². The number of rotatable bonds is 5. The molecule has 0 saturated heterocycles. The summed E-state index contributed by atoms with van der Waals surface area (Å²) in [5.41, 5.74) is 0.215. The Morgan fingerprint density at radius 1 is 1.23 bits per heavy atom. The summed E-state index contributed by atoms with van der Waals surface area (Å²) in [5, 5.41) is 3.78. The van der Waals surface area contributed by atoms with Crippen molar-refractivity contribution in [2.24, 2.45) is 0 Å². The van der Waals surface area contributed by atoms with Crippen LogP contribution >= 0.6 is 0 Å². The number of nitrogens with one attached hydrogen (secondary N) is 1. The molecule has 0 fully saturated rings. The summed E-state index contributed by atoms with van der Waals surface area (Å²) in [6.07, 6.45) is -0.554. The lowest BCUT2D eigenvalue weighted by Crippen LogP contribution is -2.40. The van der Waals surface area contributed by atoms with Crippen LogP contribution in [0, 0.1) is 0 Å². The van der Waals surface area contributed by atoms with E-state index in [4.69, 9.17) is 9.57 Å². The molecule has 0 radical (unpaired) electrons. The lowest BCUT2D eigenvalue weighted by molar-refractivity contribution is -0.170. The normalized spacial score (nSPS) is 12.4. The predicted octanol–water partition coefficient (Wildman–Crippen LogP) is 2.31. The van der Waals surface area contributed by atoms with Gasteiger partial charge in [0.2, 0.25) is 0 Å². The molecule has 1 unspecified atom stereocenters. The third-order valence-corrected chi connectivity index (χ3v) is 2.93. The quantitative estimate of drug-likeness (QED) is 0.848. The van der Waals surface area contributed by atoms with Crippen molar-refractivity contribution >= 4 is 12.0 Å². The molecule has 122 valence electrons. The van der Waals surface area contributed by atoms with Crippen LogP contribution in [0.2, 0.25) is 0 Å². The fourth-order valence-electron chi connectivity index (χ4n) is 1.84. The molecule has 0 spiro atoms. The monoisotopic (exact) mass is 308 g/mol. The molecule has 1 aromatic carbocycles. The largest absolute Gasteiger partial charge is 0.444 e. The number of hydrogen-bond acceptors (Lipinski definition) is 4. The molecule has 2 amide bonds. The third kappa shape index (κ3) is 5.73. The van der Waals surface area contributed by atoms with Crippen LogP contribution in [0.25, 0.3) is 0 Å². The molecule has 0 aliphatic rings. The highest BCUT2D eigenvalue weighted by molar-refractivity contribution is 5.83. The van der Waals surface area contributed by atoms with Gasteiger partial charge in [-0.1, -0.05) is 30.3 Å². The maximum atomic E-state index is 12.4. The fourth-order valence-corrected chi connectivity index (χ4v) is 1.84. The first-order valence-corrected chi connectivity index (χ1v) is 7.08. The number of ether oxygens (including phenoxy) is 1. The van der Waals surface area contributed by atoms with Crippen LogP contribution in [0.5, 0.6) is 0 Å². The number of hydroxylamine groups is 2. The number of nitrogens with zero attached hydrogens (tertiary/aromatic N) is 1. The van der Waals surface area contributed by atoms with Crippen molar-refractivity contribution in [2.45, 2.75) is 32.3 Å². The van der Waals surface area contributed by atoms with E-state index < -0.39 is 17.6 Å². The number of hydrogen-bond donors (Lipinski definition) is 1. The van der Waals surface area contributed by atoms with Gasteiger partial charge in [-0.2, -0.15) is 0 Å². The number of benzene rings is 1. The van der Waals surface area contributed by atoms with E-state index >= 15 is 0 Å². The molecule has 1 atom stereocenters. The molecule has 1 N–H and O–H groups in total. The molecule has 0 bridgehead atoms. The lowest BCUT2D eigenvalue weighted by Gasteiger charge is -2.24. The molecule has 0 aliphatic carbocycles. The number of alkyl carbamates (subject to hydrolysis) is 1. The Hall–Kier alpha value is -2.08. The van der Waals surface area contributed by atoms with Gasteiger partial charge in [0.05, 0.1) is 13.0 Å². The summed E-state index contributed by atoms with van der Waals surface area (Å²) in [6.45, 7) is 5.48. The molecule has 6 heteroatoms. The van der Waals surface area contributed by atoms with Gasteiger partial charge in [-0.05, 0) is 26.3 Å². The third-order valence-electron chi connectivity index (χ3n) is 2.93. The van der Waals surface area contributed by atoms with Gasteiger partial charge in [-0.3, -0.25) is 9.63 Å². The summed E-state index contributed by atoms with van der Waals surface area (Å²) in [4.78, 5) is 29.1. The number of likely N-dealkylation sites (N-methyl/N-ethyl adjacent to an activating group) is 1. The van der Waals surface area contributed by atoms with Crippen LogP contribution in [0.1, 0.15) is 32.3 Å². The fraction of sp³-hybridized carbons (Fsp3) is 0.500. The topological polar surface area (TPSA) is 67.9 Å². The number of carbonyl (C=O) groups is 2. The first-order valence-electron chi connectivity index (χ1n) is 7.08. The predicted molar refractivity (Wildman–Crippen MR) is 83.2 cm³/mol. The van der Waals surface area contributed by atoms with E-state index in [0.717, 1.165) is 10.6 Å². The van der Waals surface area contributed by atoms with Crippen molar-refractivity contribution < 1.29 is 19.2 Å². The zero-order valence-electron chi connectivity index (χ0n) is 13.8. The molecule has 1 aromatic rings. The van der Waals surface area contributed by atoms with Gasteiger partial charge in [0.25, 0.3) is 5.91 Å².